The molecule has 3 aromatic heterocycles. The predicted molar refractivity (Wildman–Crippen MR) is 129 cm³/mol. The van der Waals surface area contributed by atoms with Crippen LogP contribution in [0.1, 0.15) is 5.56 Å². The van der Waals surface area contributed by atoms with Gasteiger partial charge < -0.3 is 5.32 Å². The van der Waals surface area contributed by atoms with Gasteiger partial charge in [-0.25, -0.2) is 23.9 Å². The fourth-order valence-corrected chi connectivity index (χ4v) is 5.00. The molecule has 0 atom stereocenters. The lowest BCUT2D eigenvalue weighted by atomic mass is 10.2. The standard InChI is InChI=1S/C23H16FN5O2S2/c1-13-8-9-25-19(10-13)29-21(31)15-4-2-3-5-16(15)27-23(29)32-12-20(30)28-22-26-17-7-6-14(24)11-18(17)33-22/h2-11H,12H2,1H3,(H,26,28,30). The molecule has 0 radical (unpaired) electrons. The first kappa shape index (κ1) is 21.2. The van der Waals surface area contributed by atoms with Crippen molar-refractivity contribution in [3.8, 4) is 5.82 Å². The SMILES string of the molecule is Cc1ccnc(-n2c(SCC(=O)Nc3nc4ccc(F)cc4s3)nc3ccccc3c2=O)c1. The molecule has 0 aliphatic carbocycles. The molecule has 5 rings (SSSR count). The third kappa shape index (κ3) is 4.35. The summed E-state index contributed by atoms with van der Waals surface area (Å²) in [5, 5.41) is 3.94. The number of hydrogen-bond acceptors (Lipinski definition) is 7. The first-order valence-electron chi connectivity index (χ1n) is 9.91. The zero-order valence-electron chi connectivity index (χ0n) is 17.3. The highest BCUT2D eigenvalue weighted by atomic mass is 32.2. The van der Waals surface area contributed by atoms with Crippen molar-refractivity contribution in [2.45, 2.75) is 12.1 Å². The minimum Gasteiger partial charge on any atom is -0.301 e. The maximum atomic E-state index is 13.4. The normalized spacial score (nSPS) is 11.2. The number of pyridine rings is 1. The minimum absolute atomic E-state index is 0.000875. The van der Waals surface area contributed by atoms with Crippen LogP contribution in [0.25, 0.3) is 26.9 Å². The number of carbonyl (C=O) groups excluding carboxylic acids is 1. The number of benzene rings is 2. The van der Waals surface area contributed by atoms with E-state index in [0.29, 0.717) is 37.2 Å². The van der Waals surface area contributed by atoms with E-state index in [1.165, 1.54) is 28.0 Å². The molecule has 164 valence electrons. The van der Waals surface area contributed by atoms with Crippen molar-refractivity contribution >= 4 is 55.3 Å². The Balaban J connectivity index is 1.44. The summed E-state index contributed by atoms with van der Waals surface area (Å²) >= 11 is 2.32. The molecule has 0 saturated heterocycles. The van der Waals surface area contributed by atoms with Crippen molar-refractivity contribution in [3.63, 3.8) is 0 Å². The molecular formula is C23H16FN5O2S2. The second-order valence-corrected chi connectivity index (χ2v) is 9.18. The van der Waals surface area contributed by atoms with Crippen LogP contribution in [0, 0.1) is 12.7 Å². The van der Waals surface area contributed by atoms with Gasteiger partial charge in [0, 0.05) is 6.20 Å². The number of anilines is 1. The molecule has 10 heteroatoms. The smallest absolute Gasteiger partial charge is 0.267 e. The average Bonchev–Trinajstić information content (AvgIpc) is 3.19. The molecule has 1 N–H and O–H groups in total. The maximum absolute atomic E-state index is 13.4. The zero-order chi connectivity index (χ0) is 22.9. The Labute approximate surface area is 195 Å². The number of amides is 1. The number of nitrogens with one attached hydrogen (secondary N) is 1. The third-order valence-corrected chi connectivity index (χ3v) is 6.68. The Morgan fingerprint density at radius 3 is 2.82 bits per heavy atom. The number of aromatic nitrogens is 4. The number of nitrogens with zero attached hydrogens (tertiary/aromatic N) is 4. The van der Waals surface area contributed by atoms with Crippen LogP contribution in [0.3, 0.4) is 0 Å². The molecular weight excluding hydrogens is 461 g/mol. The highest BCUT2D eigenvalue weighted by molar-refractivity contribution is 7.99. The summed E-state index contributed by atoms with van der Waals surface area (Å²) in [5.74, 6) is -0.231. The number of aryl methyl sites for hydroxylation is 1. The van der Waals surface area contributed by atoms with E-state index < -0.39 is 0 Å². The molecule has 33 heavy (non-hydrogen) atoms. The fourth-order valence-electron chi connectivity index (χ4n) is 3.29. The maximum Gasteiger partial charge on any atom is 0.267 e. The number of para-hydroxylation sites is 1. The molecule has 0 bridgehead atoms. The molecule has 0 saturated carbocycles. The average molecular weight is 478 g/mol. The number of halogens is 1. The van der Waals surface area contributed by atoms with Crippen molar-refractivity contribution in [2.75, 3.05) is 11.1 Å². The number of thioether (sulfide) groups is 1. The summed E-state index contributed by atoms with van der Waals surface area (Å²) in [6, 6.07) is 15.0. The molecule has 0 fully saturated rings. The van der Waals surface area contributed by atoms with Crippen LogP contribution in [0.2, 0.25) is 0 Å². The molecule has 5 aromatic rings. The molecule has 1 amide bonds. The van der Waals surface area contributed by atoms with Crippen LogP contribution in [0.4, 0.5) is 9.52 Å². The molecule has 0 aliphatic rings. The van der Waals surface area contributed by atoms with Crippen LogP contribution in [0.5, 0.6) is 0 Å². The predicted octanol–water partition coefficient (Wildman–Crippen LogP) is 4.57. The van der Waals surface area contributed by atoms with Gasteiger partial charge >= 0.3 is 0 Å². The van der Waals surface area contributed by atoms with E-state index in [1.807, 2.05) is 13.0 Å². The number of fused-ring (bicyclic) bond motifs is 2. The minimum atomic E-state index is -0.357. The molecule has 2 aromatic carbocycles. The van der Waals surface area contributed by atoms with Crippen molar-refractivity contribution in [2.24, 2.45) is 0 Å². The monoisotopic (exact) mass is 477 g/mol. The number of thiazole rings is 1. The highest BCUT2D eigenvalue weighted by Gasteiger charge is 2.16. The third-order valence-electron chi connectivity index (χ3n) is 4.80. The first-order valence-corrected chi connectivity index (χ1v) is 11.7. The summed E-state index contributed by atoms with van der Waals surface area (Å²) in [4.78, 5) is 39.1. The van der Waals surface area contributed by atoms with Crippen LogP contribution in [-0.4, -0.2) is 31.2 Å². The summed E-state index contributed by atoms with van der Waals surface area (Å²) < 4.78 is 15.5. The van der Waals surface area contributed by atoms with Crippen molar-refractivity contribution in [3.05, 3.63) is 82.5 Å². The summed E-state index contributed by atoms with van der Waals surface area (Å²) in [6.45, 7) is 1.91. The Morgan fingerprint density at radius 2 is 1.97 bits per heavy atom. The van der Waals surface area contributed by atoms with Gasteiger partial charge in [0.15, 0.2) is 10.3 Å². The number of carbonyl (C=O) groups is 1. The van der Waals surface area contributed by atoms with Gasteiger partial charge in [-0.15, -0.1) is 0 Å². The van der Waals surface area contributed by atoms with E-state index in [1.54, 1.807) is 42.6 Å². The Hall–Kier alpha value is -3.63. The Morgan fingerprint density at radius 1 is 1.12 bits per heavy atom. The van der Waals surface area contributed by atoms with Gasteiger partial charge in [-0.1, -0.05) is 35.2 Å². The van der Waals surface area contributed by atoms with Crippen LogP contribution in [-0.2, 0) is 4.79 Å². The van der Waals surface area contributed by atoms with E-state index in [2.05, 4.69) is 20.3 Å². The van der Waals surface area contributed by atoms with E-state index >= 15 is 0 Å². The zero-order valence-corrected chi connectivity index (χ0v) is 18.9. The Bertz CT molecular complexity index is 1580. The second-order valence-electron chi connectivity index (χ2n) is 7.21. The quantitative estimate of drug-likeness (QED) is 0.295. The van der Waals surface area contributed by atoms with Crippen LogP contribution < -0.4 is 10.9 Å². The van der Waals surface area contributed by atoms with Crippen LogP contribution in [0.15, 0.2) is 70.7 Å². The summed E-state index contributed by atoms with van der Waals surface area (Å²) in [6.07, 6.45) is 1.63. The van der Waals surface area contributed by atoms with E-state index in [0.717, 1.165) is 17.3 Å². The van der Waals surface area contributed by atoms with Gasteiger partial charge in [0.05, 0.1) is 26.9 Å². The van der Waals surface area contributed by atoms with Crippen molar-refractivity contribution in [1.29, 1.82) is 0 Å². The van der Waals surface area contributed by atoms with Crippen molar-refractivity contribution < 1.29 is 9.18 Å². The van der Waals surface area contributed by atoms with Gasteiger partial charge in [-0.3, -0.25) is 9.59 Å². The topological polar surface area (TPSA) is 89.8 Å². The Kier molecular flexibility index (Phi) is 5.61. The lowest BCUT2D eigenvalue weighted by Gasteiger charge is -2.12. The van der Waals surface area contributed by atoms with Crippen molar-refractivity contribution in [1.82, 2.24) is 19.5 Å². The summed E-state index contributed by atoms with van der Waals surface area (Å²) in [5.41, 5.74) is 1.85. The largest absolute Gasteiger partial charge is 0.301 e. The van der Waals surface area contributed by atoms with Gasteiger partial charge in [0.25, 0.3) is 5.56 Å². The van der Waals surface area contributed by atoms with Crippen LogP contribution >= 0.6 is 23.1 Å². The lowest BCUT2D eigenvalue weighted by Crippen LogP contribution is -2.23. The molecule has 0 aliphatic heterocycles. The number of rotatable bonds is 5. The van der Waals surface area contributed by atoms with E-state index in [4.69, 9.17) is 0 Å². The second kappa shape index (κ2) is 8.72. The molecule has 3 heterocycles. The fraction of sp³-hybridized carbons (Fsp3) is 0.0870. The van der Waals surface area contributed by atoms with Gasteiger partial charge in [-0.2, -0.15) is 0 Å². The van der Waals surface area contributed by atoms with Gasteiger partial charge in [0.2, 0.25) is 5.91 Å². The van der Waals surface area contributed by atoms with Gasteiger partial charge in [0.1, 0.15) is 11.6 Å². The van der Waals surface area contributed by atoms with E-state index in [-0.39, 0.29) is 23.0 Å². The molecule has 0 spiro atoms. The first-order chi connectivity index (χ1) is 16.0. The summed E-state index contributed by atoms with van der Waals surface area (Å²) in [7, 11) is 0. The molecule has 7 nitrogen and oxygen atoms in total. The highest BCUT2D eigenvalue weighted by Crippen LogP contribution is 2.27. The molecule has 0 unspecified atom stereocenters. The lowest BCUT2D eigenvalue weighted by molar-refractivity contribution is -0.113. The van der Waals surface area contributed by atoms with E-state index in [9.17, 15) is 14.0 Å². The van der Waals surface area contributed by atoms with Gasteiger partial charge in [-0.05, 0) is 55.0 Å². The number of hydrogen-bond donors (Lipinski definition) is 1.